The molecule has 0 aliphatic heterocycles. The van der Waals surface area contributed by atoms with Crippen molar-refractivity contribution in [2.45, 2.75) is 35.6 Å². The van der Waals surface area contributed by atoms with Crippen molar-refractivity contribution >= 4 is 23.4 Å². The summed E-state index contributed by atoms with van der Waals surface area (Å²) in [7, 11) is 0. The first-order chi connectivity index (χ1) is 9.76. The zero-order chi connectivity index (χ0) is 13.9. The van der Waals surface area contributed by atoms with Crippen LogP contribution in [0.3, 0.4) is 0 Å². The predicted octanol–water partition coefficient (Wildman–Crippen LogP) is 4.64. The van der Waals surface area contributed by atoms with Crippen LogP contribution in [-0.4, -0.2) is 4.98 Å². The second-order valence-electron chi connectivity index (χ2n) is 4.82. The van der Waals surface area contributed by atoms with Gasteiger partial charge in [0.25, 0.3) is 0 Å². The third kappa shape index (κ3) is 2.82. The fourth-order valence-corrected chi connectivity index (χ4v) is 3.38. The molecule has 0 saturated carbocycles. The summed E-state index contributed by atoms with van der Waals surface area (Å²) in [5.74, 6) is 0. The van der Waals surface area contributed by atoms with E-state index >= 15 is 0 Å². The molecule has 1 aliphatic rings. The first kappa shape index (κ1) is 13.5. The Morgan fingerprint density at radius 3 is 2.65 bits per heavy atom. The number of nitrogens with zero attached hydrogens (tertiary/aromatic N) is 2. The first-order valence-electron chi connectivity index (χ1n) is 6.62. The number of aryl methyl sites for hydroxylation is 2. The number of aromatic nitrogens is 1. The normalized spacial score (nSPS) is 13.6. The summed E-state index contributed by atoms with van der Waals surface area (Å²) < 4.78 is 0. The molecule has 2 aromatic rings. The van der Waals surface area contributed by atoms with Crippen molar-refractivity contribution in [3.8, 4) is 6.07 Å². The summed E-state index contributed by atoms with van der Waals surface area (Å²) >= 11 is 7.42. The highest BCUT2D eigenvalue weighted by atomic mass is 35.5. The molecule has 4 heteroatoms. The lowest BCUT2D eigenvalue weighted by Crippen LogP contribution is -2.07. The maximum absolute atomic E-state index is 9.32. The van der Waals surface area contributed by atoms with E-state index < -0.39 is 0 Å². The van der Waals surface area contributed by atoms with Crippen LogP contribution in [0.4, 0.5) is 0 Å². The Morgan fingerprint density at radius 2 is 1.90 bits per heavy atom. The molecular formula is C16H13ClN2S. The van der Waals surface area contributed by atoms with E-state index in [1.54, 1.807) is 0 Å². The number of pyridine rings is 1. The van der Waals surface area contributed by atoms with Gasteiger partial charge in [-0.2, -0.15) is 5.26 Å². The molecule has 0 fully saturated rings. The maximum Gasteiger partial charge on any atom is 0.119 e. The molecule has 1 aromatic carbocycles. The third-order valence-electron chi connectivity index (χ3n) is 3.41. The van der Waals surface area contributed by atoms with Crippen molar-refractivity contribution < 1.29 is 0 Å². The summed E-state index contributed by atoms with van der Waals surface area (Å²) in [6.45, 7) is 0. The SMILES string of the molecule is N#Cc1cc2c(nc1Sc1ccc(Cl)cc1)CCCC2. The molecular weight excluding hydrogens is 288 g/mol. The summed E-state index contributed by atoms with van der Waals surface area (Å²) in [4.78, 5) is 5.76. The molecule has 1 aliphatic carbocycles. The van der Waals surface area contributed by atoms with Crippen LogP contribution in [-0.2, 0) is 12.8 Å². The molecule has 0 spiro atoms. The number of fused-ring (bicyclic) bond motifs is 1. The molecule has 0 amide bonds. The van der Waals surface area contributed by atoms with Gasteiger partial charge in [0.1, 0.15) is 11.1 Å². The minimum Gasteiger partial charge on any atom is -0.244 e. The highest BCUT2D eigenvalue weighted by Gasteiger charge is 2.15. The van der Waals surface area contributed by atoms with Crippen molar-refractivity contribution in [1.82, 2.24) is 4.98 Å². The van der Waals surface area contributed by atoms with Crippen molar-refractivity contribution in [3.05, 3.63) is 52.2 Å². The van der Waals surface area contributed by atoms with Crippen LogP contribution in [0.15, 0.2) is 40.3 Å². The molecule has 1 heterocycles. The van der Waals surface area contributed by atoms with Gasteiger partial charge in [0.2, 0.25) is 0 Å². The molecule has 1 aromatic heterocycles. The van der Waals surface area contributed by atoms with Gasteiger partial charge in [-0.3, -0.25) is 0 Å². The van der Waals surface area contributed by atoms with Crippen molar-refractivity contribution in [2.24, 2.45) is 0 Å². The number of hydrogen-bond donors (Lipinski definition) is 0. The van der Waals surface area contributed by atoms with Gasteiger partial charge in [-0.1, -0.05) is 23.4 Å². The first-order valence-corrected chi connectivity index (χ1v) is 7.82. The summed E-state index contributed by atoms with van der Waals surface area (Å²) in [5, 5.41) is 10.8. The molecule has 0 unspecified atom stereocenters. The lowest BCUT2D eigenvalue weighted by atomic mass is 9.95. The molecule has 0 N–H and O–H groups in total. The van der Waals surface area contributed by atoms with Crippen LogP contribution in [0, 0.1) is 11.3 Å². The third-order valence-corrected chi connectivity index (χ3v) is 4.68. The molecule has 0 atom stereocenters. The Morgan fingerprint density at radius 1 is 1.15 bits per heavy atom. The molecule has 3 rings (SSSR count). The molecule has 0 saturated heterocycles. The van der Waals surface area contributed by atoms with Crippen molar-refractivity contribution in [1.29, 1.82) is 5.26 Å². The molecule has 20 heavy (non-hydrogen) atoms. The second kappa shape index (κ2) is 5.87. The van der Waals surface area contributed by atoms with E-state index in [-0.39, 0.29) is 0 Å². The average molecular weight is 301 g/mol. The molecule has 2 nitrogen and oxygen atoms in total. The smallest absolute Gasteiger partial charge is 0.119 e. The number of nitriles is 1. The number of halogens is 1. The summed E-state index contributed by atoms with van der Waals surface area (Å²) in [6.07, 6.45) is 4.46. The van der Waals surface area contributed by atoms with Crippen LogP contribution in [0.5, 0.6) is 0 Å². The van der Waals surface area contributed by atoms with Crippen LogP contribution in [0.1, 0.15) is 29.7 Å². The van der Waals surface area contributed by atoms with Crippen LogP contribution in [0.2, 0.25) is 5.02 Å². The zero-order valence-corrected chi connectivity index (χ0v) is 12.5. The Kier molecular flexibility index (Phi) is 3.95. The lowest BCUT2D eigenvalue weighted by Gasteiger charge is -2.16. The van der Waals surface area contributed by atoms with E-state index in [1.807, 2.05) is 30.3 Å². The monoisotopic (exact) mass is 300 g/mol. The molecule has 0 radical (unpaired) electrons. The highest BCUT2D eigenvalue weighted by molar-refractivity contribution is 7.99. The van der Waals surface area contributed by atoms with E-state index in [1.165, 1.54) is 30.2 Å². The quantitative estimate of drug-likeness (QED) is 0.811. The summed E-state index contributed by atoms with van der Waals surface area (Å²) in [5.41, 5.74) is 3.07. The van der Waals surface area contributed by atoms with Gasteiger partial charge in [0.05, 0.1) is 5.56 Å². The van der Waals surface area contributed by atoms with Gasteiger partial charge in [0.15, 0.2) is 0 Å². The standard InChI is InChI=1S/C16H13ClN2S/c17-13-5-7-14(8-6-13)20-16-12(10-18)9-11-3-1-2-4-15(11)19-16/h5-9H,1-4H2. The lowest BCUT2D eigenvalue weighted by molar-refractivity contribution is 0.660. The zero-order valence-electron chi connectivity index (χ0n) is 10.9. The largest absolute Gasteiger partial charge is 0.244 e. The van der Waals surface area contributed by atoms with E-state index in [9.17, 15) is 5.26 Å². The Bertz CT molecular complexity index is 674. The fourth-order valence-electron chi connectivity index (χ4n) is 2.39. The van der Waals surface area contributed by atoms with E-state index in [4.69, 9.17) is 16.6 Å². The highest BCUT2D eigenvalue weighted by Crippen LogP contribution is 2.32. The minimum atomic E-state index is 0.672. The second-order valence-corrected chi connectivity index (χ2v) is 6.32. The predicted molar refractivity (Wildman–Crippen MR) is 81.2 cm³/mol. The Labute approximate surface area is 127 Å². The van der Waals surface area contributed by atoms with Gasteiger partial charge in [-0.15, -0.1) is 0 Å². The van der Waals surface area contributed by atoms with Gasteiger partial charge in [-0.25, -0.2) is 4.98 Å². The Balaban J connectivity index is 1.96. The number of rotatable bonds is 2. The number of hydrogen-bond acceptors (Lipinski definition) is 3. The summed E-state index contributed by atoms with van der Waals surface area (Å²) in [6, 6.07) is 11.9. The molecule has 0 bridgehead atoms. The number of benzene rings is 1. The van der Waals surface area contributed by atoms with E-state index in [0.29, 0.717) is 10.6 Å². The maximum atomic E-state index is 9.32. The topological polar surface area (TPSA) is 36.7 Å². The Hall–Kier alpha value is -1.50. The van der Waals surface area contributed by atoms with E-state index in [2.05, 4.69) is 6.07 Å². The fraction of sp³-hybridized carbons (Fsp3) is 0.250. The van der Waals surface area contributed by atoms with Crippen LogP contribution < -0.4 is 0 Å². The van der Waals surface area contributed by atoms with Gasteiger partial charge < -0.3 is 0 Å². The van der Waals surface area contributed by atoms with Crippen molar-refractivity contribution in [3.63, 3.8) is 0 Å². The minimum absolute atomic E-state index is 0.672. The van der Waals surface area contributed by atoms with Gasteiger partial charge in [-0.05, 0) is 61.6 Å². The van der Waals surface area contributed by atoms with Gasteiger partial charge in [0, 0.05) is 15.6 Å². The molecule has 100 valence electrons. The van der Waals surface area contributed by atoms with E-state index in [0.717, 1.165) is 28.5 Å². The van der Waals surface area contributed by atoms with Crippen molar-refractivity contribution in [2.75, 3.05) is 0 Å². The average Bonchev–Trinajstić information content (AvgIpc) is 2.49. The van der Waals surface area contributed by atoms with Gasteiger partial charge >= 0.3 is 0 Å². The van der Waals surface area contributed by atoms with Crippen LogP contribution >= 0.6 is 23.4 Å². The van der Waals surface area contributed by atoms with Crippen LogP contribution in [0.25, 0.3) is 0 Å².